The van der Waals surface area contributed by atoms with Crippen LogP contribution in [0.4, 0.5) is 0 Å². The Balaban J connectivity index is 0.000000231. The van der Waals surface area contributed by atoms with Crippen LogP contribution in [-0.2, 0) is 10.1 Å². The maximum Gasteiger partial charge on any atom is 0.294 e. The van der Waals surface area contributed by atoms with Crippen LogP contribution in [0.25, 0.3) is 0 Å². The monoisotopic (exact) mass is 339 g/mol. The van der Waals surface area contributed by atoms with Gasteiger partial charge >= 0.3 is 0 Å². The van der Waals surface area contributed by atoms with E-state index in [9.17, 15) is 8.42 Å². The lowest BCUT2D eigenvalue weighted by Gasteiger charge is -2.23. The molecule has 1 aromatic carbocycles. The summed E-state index contributed by atoms with van der Waals surface area (Å²) in [4.78, 5) is -0.0666. The van der Waals surface area contributed by atoms with Crippen molar-refractivity contribution in [1.82, 2.24) is 0 Å². The molecule has 2 rings (SSSR count). The van der Waals surface area contributed by atoms with Crippen molar-refractivity contribution >= 4 is 10.1 Å². The second kappa shape index (κ2) is 9.85. The van der Waals surface area contributed by atoms with E-state index in [4.69, 9.17) is 10.3 Å². The summed E-state index contributed by atoms with van der Waals surface area (Å²) in [5, 5.41) is 0. The first-order valence-electron chi connectivity index (χ1n) is 8.29. The largest absolute Gasteiger partial charge is 0.328 e. The van der Waals surface area contributed by atoms with Gasteiger partial charge in [0.15, 0.2) is 0 Å². The van der Waals surface area contributed by atoms with Crippen molar-refractivity contribution in [3.8, 4) is 0 Å². The van der Waals surface area contributed by atoms with Crippen LogP contribution in [-0.4, -0.2) is 19.0 Å². The second-order valence-corrected chi connectivity index (χ2v) is 7.60. The molecule has 0 bridgehead atoms. The Morgan fingerprint density at radius 3 is 2.22 bits per heavy atom. The van der Waals surface area contributed by atoms with Gasteiger partial charge in [0.25, 0.3) is 10.1 Å². The molecule has 0 saturated heterocycles. The standard InChI is InChI=1S/C11H21N.C7H8O3S/c1-2-3-4-5-10-6-8-11(12)9-7-10;1-6-2-4-7(5-3-6)11(8,9)10/h4-5,10-11H,2-3,6-9,12H2,1H3;2-5H,1H3,(H,8,9,10)/b5-4+;/t10-,11+;. The molecule has 0 spiro atoms. The number of hydrogen-bond donors (Lipinski definition) is 2. The molecule has 3 N–H and O–H groups in total. The van der Waals surface area contributed by atoms with Gasteiger partial charge < -0.3 is 5.73 Å². The van der Waals surface area contributed by atoms with Crippen LogP contribution in [0.15, 0.2) is 41.3 Å². The predicted octanol–water partition coefficient (Wildman–Crippen LogP) is 4.10. The van der Waals surface area contributed by atoms with Crippen molar-refractivity contribution < 1.29 is 13.0 Å². The fraction of sp³-hybridized carbons (Fsp3) is 0.556. The van der Waals surface area contributed by atoms with Crippen LogP contribution < -0.4 is 5.73 Å². The normalized spacial score (nSPS) is 21.7. The molecule has 5 heteroatoms. The number of rotatable bonds is 4. The zero-order valence-corrected chi connectivity index (χ0v) is 14.9. The van der Waals surface area contributed by atoms with Crippen molar-refractivity contribution in [2.24, 2.45) is 11.7 Å². The van der Waals surface area contributed by atoms with E-state index in [1.54, 1.807) is 12.1 Å². The first-order valence-corrected chi connectivity index (χ1v) is 9.73. The molecule has 1 fully saturated rings. The highest BCUT2D eigenvalue weighted by molar-refractivity contribution is 7.85. The number of nitrogens with two attached hydrogens (primary N) is 1. The molecule has 0 amide bonds. The number of aryl methyl sites for hydroxylation is 1. The van der Waals surface area contributed by atoms with Gasteiger partial charge in [0.1, 0.15) is 0 Å². The molecule has 0 aromatic heterocycles. The third-order valence-electron chi connectivity index (χ3n) is 4.00. The van der Waals surface area contributed by atoms with Crippen LogP contribution in [0.2, 0.25) is 0 Å². The highest BCUT2D eigenvalue weighted by atomic mass is 32.2. The molecule has 4 nitrogen and oxygen atoms in total. The fourth-order valence-electron chi connectivity index (χ4n) is 2.50. The molecule has 1 aromatic rings. The number of benzene rings is 1. The maximum atomic E-state index is 10.5. The van der Waals surface area contributed by atoms with Gasteiger partial charge in [0, 0.05) is 6.04 Å². The van der Waals surface area contributed by atoms with Gasteiger partial charge in [-0.05, 0) is 57.1 Å². The van der Waals surface area contributed by atoms with Crippen molar-refractivity contribution in [3.63, 3.8) is 0 Å². The molecule has 0 atom stereocenters. The average molecular weight is 340 g/mol. The number of allylic oxidation sites excluding steroid dienone is 2. The molecule has 0 heterocycles. The third-order valence-corrected chi connectivity index (χ3v) is 4.87. The number of hydrogen-bond acceptors (Lipinski definition) is 3. The zero-order valence-electron chi connectivity index (χ0n) is 14.1. The van der Waals surface area contributed by atoms with Crippen molar-refractivity contribution in [1.29, 1.82) is 0 Å². The van der Waals surface area contributed by atoms with Gasteiger partial charge in [0.2, 0.25) is 0 Å². The van der Waals surface area contributed by atoms with E-state index in [1.165, 1.54) is 50.7 Å². The molecular weight excluding hydrogens is 310 g/mol. The van der Waals surface area contributed by atoms with E-state index in [-0.39, 0.29) is 4.90 Å². The summed E-state index contributed by atoms with van der Waals surface area (Å²) in [7, 11) is -4.02. The lowest BCUT2D eigenvalue weighted by molar-refractivity contribution is 0.375. The first kappa shape index (κ1) is 19.9. The van der Waals surface area contributed by atoms with Crippen LogP contribution in [0.3, 0.4) is 0 Å². The van der Waals surface area contributed by atoms with Crippen LogP contribution in [0, 0.1) is 12.8 Å². The van der Waals surface area contributed by atoms with Crippen LogP contribution in [0.1, 0.15) is 51.0 Å². The zero-order chi connectivity index (χ0) is 17.3. The van der Waals surface area contributed by atoms with Crippen molar-refractivity contribution in [3.05, 3.63) is 42.0 Å². The molecule has 1 aliphatic rings. The van der Waals surface area contributed by atoms with E-state index in [2.05, 4.69) is 19.1 Å². The summed E-state index contributed by atoms with van der Waals surface area (Å²) in [6.45, 7) is 4.06. The van der Waals surface area contributed by atoms with Gasteiger partial charge in [0.05, 0.1) is 4.90 Å². The molecule has 1 aliphatic carbocycles. The predicted molar refractivity (Wildman–Crippen MR) is 95.0 cm³/mol. The number of unbranched alkanes of at least 4 members (excludes halogenated alkanes) is 1. The summed E-state index contributed by atoms with van der Waals surface area (Å²) in [5.41, 5.74) is 6.78. The van der Waals surface area contributed by atoms with Crippen LogP contribution in [0.5, 0.6) is 0 Å². The van der Waals surface area contributed by atoms with E-state index in [1.807, 2.05) is 6.92 Å². The molecule has 0 radical (unpaired) electrons. The summed E-state index contributed by atoms with van der Waals surface area (Å²) in [6.07, 6.45) is 12.3. The first-order chi connectivity index (χ1) is 10.8. The fourth-order valence-corrected chi connectivity index (χ4v) is 2.98. The summed E-state index contributed by atoms with van der Waals surface area (Å²) in [6, 6.07) is 6.47. The van der Waals surface area contributed by atoms with Gasteiger partial charge in [-0.2, -0.15) is 8.42 Å². The lowest BCUT2D eigenvalue weighted by atomic mass is 9.86. The quantitative estimate of drug-likeness (QED) is 0.639. The summed E-state index contributed by atoms with van der Waals surface area (Å²) < 4.78 is 29.6. The Kier molecular flexibility index (Phi) is 8.52. The Bertz CT molecular complexity index is 571. The van der Waals surface area contributed by atoms with Gasteiger partial charge in [-0.3, -0.25) is 4.55 Å². The minimum Gasteiger partial charge on any atom is -0.328 e. The summed E-state index contributed by atoms with van der Waals surface area (Å²) in [5.74, 6) is 0.830. The molecule has 1 saturated carbocycles. The van der Waals surface area contributed by atoms with E-state index >= 15 is 0 Å². The Morgan fingerprint density at radius 2 is 1.74 bits per heavy atom. The summed E-state index contributed by atoms with van der Waals surface area (Å²) >= 11 is 0. The SMILES string of the molecule is CCC/C=C/[C@H]1CC[C@@H](N)CC1.Cc1ccc(S(=O)(=O)O)cc1. The minimum absolute atomic E-state index is 0.0666. The Labute approximate surface area is 140 Å². The van der Waals surface area contributed by atoms with Crippen molar-refractivity contribution in [2.45, 2.75) is 63.3 Å². The minimum atomic E-state index is -4.02. The molecule has 23 heavy (non-hydrogen) atoms. The highest BCUT2D eigenvalue weighted by Crippen LogP contribution is 2.24. The topological polar surface area (TPSA) is 80.4 Å². The van der Waals surface area contributed by atoms with Gasteiger partial charge in [-0.25, -0.2) is 0 Å². The Morgan fingerprint density at radius 1 is 1.17 bits per heavy atom. The molecule has 130 valence electrons. The maximum absolute atomic E-state index is 10.5. The van der Waals surface area contributed by atoms with E-state index in [0.29, 0.717) is 6.04 Å². The highest BCUT2D eigenvalue weighted by Gasteiger charge is 2.15. The molecule has 0 unspecified atom stereocenters. The van der Waals surface area contributed by atoms with E-state index in [0.717, 1.165) is 11.5 Å². The molecule has 0 aliphatic heterocycles. The lowest BCUT2D eigenvalue weighted by Crippen LogP contribution is -2.25. The molecular formula is C18H29NO3S. The van der Waals surface area contributed by atoms with Gasteiger partial charge in [-0.15, -0.1) is 0 Å². The Hall–Kier alpha value is -1.17. The van der Waals surface area contributed by atoms with E-state index < -0.39 is 10.1 Å². The van der Waals surface area contributed by atoms with Gasteiger partial charge in [-0.1, -0.05) is 43.2 Å². The smallest absolute Gasteiger partial charge is 0.294 e. The second-order valence-electron chi connectivity index (χ2n) is 6.18. The average Bonchev–Trinajstić information content (AvgIpc) is 2.50. The third kappa shape index (κ3) is 8.30. The van der Waals surface area contributed by atoms with Crippen LogP contribution >= 0.6 is 0 Å². The van der Waals surface area contributed by atoms with Crippen molar-refractivity contribution in [2.75, 3.05) is 0 Å².